The number of para-hydroxylation sites is 1. The molecule has 2 aliphatic carbocycles. The fourth-order valence-corrected chi connectivity index (χ4v) is 10.1. The van der Waals surface area contributed by atoms with E-state index in [1.54, 1.807) is 23.9 Å². The zero-order valence-electron chi connectivity index (χ0n) is 19.2. The SMILES string of the molecule is CC(C)CC(C(=O)O)N1C(=O)C2C3CC(C2C1=O)C1C(c2ccccc2O)c2sc(=O)[nH]c2SC31. The number of aromatic hydroxyl groups is 1. The maximum Gasteiger partial charge on any atom is 0.326 e. The molecule has 2 aromatic rings. The molecule has 2 saturated carbocycles. The van der Waals surface area contributed by atoms with E-state index >= 15 is 0 Å². The monoisotopic (exact) mass is 514 g/mol. The van der Waals surface area contributed by atoms with Crippen LogP contribution in [0.15, 0.2) is 34.1 Å². The van der Waals surface area contributed by atoms with E-state index in [2.05, 4.69) is 4.98 Å². The highest BCUT2D eigenvalue weighted by atomic mass is 32.2. The smallest absolute Gasteiger partial charge is 0.326 e. The third-order valence-electron chi connectivity index (χ3n) is 8.32. The number of thioether (sulfide) groups is 1. The highest BCUT2D eigenvalue weighted by molar-refractivity contribution is 8.00. The van der Waals surface area contributed by atoms with Gasteiger partial charge in [-0.1, -0.05) is 43.4 Å². The number of rotatable bonds is 5. The molecule has 1 aromatic heterocycles. The van der Waals surface area contributed by atoms with Crippen molar-refractivity contribution in [3.05, 3.63) is 44.4 Å². The topological polar surface area (TPSA) is 128 Å². The fraction of sp³-hybridized carbons (Fsp3) is 0.520. The number of fused-ring (bicyclic) bond motifs is 9. The van der Waals surface area contributed by atoms with Crippen molar-refractivity contribution in [2.24, 2.45) is 35.5 Å². The molecule has 3 fully saturated rings. The summed E-state index contributed by atoms with van der Waals surface area (Å²) < 4.78 is 0. The molecule has 35 heavy (non-hydrogen) atoms. The molecule has 8 nitrogen and oxygen atoms in total. The summed E-state index contributed by atoms with van der Waals surface area (Å²) in [6.07, 6.45) is 0.941. The number of carbonyl (C=O) groups excluding carboxylic acids is 2. The summed E-state index contributed by atoms with van der Waals surface area (Å²) in [7, 11) is 0. The molecule has 2 bridgehead atoms. The lowest BCUT2D eigenvalue weighted by Crippen LogP contribution is -2.47. The fourth-order valence-electron chi connectivity index (χ4n) is 7.21. The number of carboxylic acid groups (broad SMARTS) is 1. The van der Waals surface area contributed by atoms with Crippen molar-refractivity contribution in [1.82, 2.24) is 9.88 Å². The number of hydrogen-bond acceptors (Lipinski definition) is 7. The van der Waals surface area contributed by atoms with Crippen LogP contribution >= 0.6 is 23.1 Å². The second-order valence-electron chi connectivity index (χ2n) is 10.5. The number of nitrogens with zero attached hydrogens (tertiary/aromatic N) is 1. The zero-order chi connectivity index (χ0) is 24.8. The minimum Gasteiger partial charge on any atom is -0.508 e. The number of amides is 2. The van der Waals surface area contributed by atoms with Crippen LogP contribution in [0.25, 0.3) is 0 Å². The maximum atomic E-state index is 13.7. The Morgan fingerprint density at radius 2 is 1.83 bits per heavy atom. The van der Waals surface area contributed by atoms with Crippen molar-refractivity contribution < 1.29 is 24.6 Å². The van der Waals surface area contributed by atoms with Crippen LogP contribution in [0.2, 0.25) is 0 Å². The molecule has 8 atom stereocenters. The Morgan fingerprint density at radius 1 is 1.14 bits per heavy atom. The van der Waals surface area contributed by atoms with Gasteiger partial charge in [0.05, 0.1) is 16.9 Å². The van der Waals surface area contributed by atoms with Gasteiger partial charge < -0.3 is 15.2 Å². The molecule has 1 saturated heterocycles. The second kappa shape index (κ2) is 7.96. The Balaban J connectivity index is 1.43. The zero-order valence-corrected chi connectivity index (χ0v) is 20.8. The largest absolute Gasteiger partial charge is 0.508 e. The first-order valence-corrected chi connectivity index (χ1v) is 13.7. The summed E-state index contributed by atoms with van der Waals surface area (Å²) in [4.78, 5) is 56.3. The van der Waals surface area contributed by atoms with E-state index in [4.69, 9.17) is 0 Å². The number of aliphatic carboxylic acids is 1. The number of aromatic nitrogens is 1. The number of nitrogens with one attached hydrogen (secondary N) is 1. The van der Waals surface area contributed by atoms with Gasteiger partial charge in [0.1, 0.15) is 11.8 Å². The van der Waals surface area contributed by atoms with Crippen LogP contribution in [-0.4, -0.2) is 49.2 Å². The number of H-pyrrole nitrogens is 1. The number of aromatic amines is 1. The van der Waals surface area contributed by atoms with Gasteiger partial charge in [-0.05, 0) is 42.6 Å². The highest BCUT2D eigenvalue weighted by Gasteiger charge is 2.70. The van der Waals surface area contributed by atoms with Crippen LogP contribution in [0.4, 0.5) is 0 Å². The van der Waals surface area contributed by atoms with Gasteiger partial charge in [0.15, 0.2) is 0 Å². The molecular formula is C25H26N2O6S2. The van der Waals surface area contributed by atoms with Gasteiger partial charge in [0, 0.05) is 21.6 Å². The summed E-state index contributed by atoms with van der Waals surface area (Å²) in [6, 6.07) is 5.95. The summed E-state index contributed by atoms with van der Waals surface area (Å²) >= 11 is 2.71. The van der Waals surface area contributed by atoms with Crippen LogP contribution in [0.3, 0.4) is 0 Å². The van der Waals surface area contributed by atoms with Gasteiger partial charge in [-0.2, -0.15) is 0 Å². The van der Waals surface area contributed by atoms with E-state index in [1.807, 2.05) is 26.0 Å². The third kappa shape index (κ3) is 3.18. The Kier molecular flexibility index (Phi) is 5.20. The number of phenolic OH excluding ortho intramolecular Hbond substituents is 1. The summed E-state index contributed by atoms with van der Waals surface area (Å²) in [5.74, 6) is -3.28. The average Bonchev–Trinajstić information content (AvgIpc) is 3.52. The van der Waals surface area contributed by atoms with Crippen molar-refractivity contribution >= 4 is 40.9 Å². The Labute approximate surface area is 209 Å². The van der Waals surface area contributed by atoms with Gasteiger partial charge in [0.25, 0.3) is 0 Å². The van der Waals surface area contributed by atoms with Gasteiger partial charge in [-0.3, -0.25) is 19.3 Å². The van der Waals surface area contributed by atoms with Gasteiger partial charge in [-0.25, -0.2) is 4.79 Å². The predicted octanol–water partition coefficient (Wildman–Crippen LogP) is 3.11. The molecular weight excluding hydrogens is 488 g/mol. The van der Waals surface area contributed by atoms with E-state index < -0.39 is 23.8 Å². The molecule has 184 valence electrons. The number of phenols is 1. The molecule has 1 aromatic carbocycles. The van der Waals surface area contributed by atoms with Crippen LogP contribution in [0, 0.1) is 35.5 Å². The van der Waals surface area contributed by atoms with Crippen molar-refractivity contribution in [1.29, 1.82) is 0 Å². The lowest BCUT2D eigenvalue weighted by Gasteiger charge is -2.43. The third-order valence-corrected chi connectivity index (χ3v) is 10.9. The van der Waals surface area contributed by atoms with Crippen molar-refractivity contribution in [3.63, 3.8) is 0 Å². The number of imide groups is 1. The number of likely N-dealkylation sites (tertiary alicyclic amines) is 1. The molecule has 3 heterocycles. The normalized spacial score (nSPS) is 33.7. The van der Waals surface area contributed by atoms with E-state index in [0.717, 1.165) is 31.7 Å². The lowest BCUT2D eigenvalue weighted by molar-refractivity contribution is -0.156. The molecule has 0 radical (unpaired) electrons. The summed E-state index contributed by atoms with van der Waals surface area (Å²) in [6.45, 7) is 3.76. The lowest BCUT2D eigenvalue weighted by atomic mass is 9.68. The Morgan fingerprint density at radius 3 is 2.49 bits per heavy atom. The first-order chi connectivity index (χ1) is 16.7. The number of carboxylic acids is 1. The van der Waals surface area contributed by atoms with Crippen LogP contribution < -0.4 is 4.87 Å². The molecule has 3 N–H and O–H groups in total. The number of hydrogen-bond donors (Lipinski definition) is 3. The first-order valence-electron chi connectivity index (χ1n) is 12.0. The standard InChI is InChI=1S/C25H26N2O6S2/c1-9(2)7-13(24(31)32)27-22(29)17-11-8-12(18(17)23(27)30)19-16(11)15(10-5-3-4-6-14(10)28)20-21(34-19)26-25(33)35-20/h3-6,9,11-13,15-19,28H,7-8H2,1-2H3,(H,26,33)(H,31,32). The molecule has 8 unspecified atom stereocenters. The molecule has 10 heteroatoms. The Bertz CT molecular complexity index is 1300. The first kappa shape index (κ1) is 22.8. The minimum absolute atomic E-state index is 0.00585. The van der Waals surface area contributed by atoms with Gasteiger partial charge in [-0.15, -0.1) is 11.8 Å². The quantitative estimate of drug-likeness (QED) is 0.523. The number of thiazole rings is 1. The van der Waals surface area contributed by atoms with Crippen LogP contribution in [0.5, 0.6) is 5.75 Å². The van der Waals surface area contributed by atoms with E-state index in [1.165, 1.54) is 0 Å². The van der Waals surface area contributed by atoms with Crippen molar-refractivity contribution in [2.75, 3.05) is 0 Å². The molecule has 0 spiro atoms. The molecule has 6 rings (SSSR count). The van der Waals surface area contributed by atoms with E-state index in [9.17, 15) is 29.4 Å². The van der Waals surface area contributed by atoms with E-state index in [-0.39, 0.29) is 63.7 Å². The molecule has 2 aliphatic heterocycles. The highest BCUT2D eigenvalue weighted by Crippen LogP contribution is 2.69. The molecule has 2 amide bonds. The van der Waals surface area contributed by atoms with Crippen LogP contribution in [-0.2, 0) is 14.4 Å². The average molecular weight is 515 g/mol. The van der Waals surface area contributed by atoms with Gasteiger partial charge >= 0.3 is 10.8 Å². The van der Waals surface area contributed by atoms with Crippen molar-refractivity contribution in [2.45, 2.75) is 48.9 Å². The molecule has 4 aliphatic rings. The Hall–Kier alpha value is -2.59. The number of benzene rings is 1. The minimum atomic E-state index is -1.15. The van der Waals surface area contributed by atoms with E-state index in [0.29, 0.717) is 6.42 Å². The van der Waals surface area contributed by atoms with Gasteiger partial charge in [0.2, 0.25) is 11.8 Å². The number of carbonyl (C=O) groups is 3. The summed E-state index contributed by atoms with van der Waals surface area (Å²) in [5, 5.41) is 21.4. The summed E-state index contributed by atoms with van der Waals surface area (Å²) in [5.41, 5.74) is 0.722. The second-order valence-corrected chi connectivity index (χ2v) is 12.8. The predicted molar refractivity (Wildman–Crippen MR) is 129 cm³/mol. The van der Waals surface area contributed by atoms with Crippen molar-refractivity contribution in [3.8, 4) is 5.75 Å². The maximum absolute atomic E-state index is 13.7. The van der Waals surface area contributed by atoms with Crippen LogP contribution in [0.1, 0.15) is 43.0 Å².